The van der Waals surface area contributed by atoms with E-state index < -0.39 is 0 Å². The summed E-state index contributed by atoms with van der Waals surface area (Å²) < 4.78 is 1.93. The first-order valence-electron chi connectivity index (χ1n) is 7.76. The lowest BCUT2D eigenvalue weighted by molar-refractivity contribution is 0.241. The van der Waals surface area contributed by atoms with E-state index in [1.165, 1.54) is 12.8 Å². The predicted molar refractivity (Wildman–Crippen MR) is 85.5 cm³/mol. The molecule has 0 amide bonds. The van der Waals surface area contributed by atoms with Crippen LogP contribution in [-0.4, -0.2) is 40.4 Å². The van der Waals surface area contributed by atoms with Crippen LogP contribution in [0.4, 0.5) is 0 Å². The summed E-state index contributed by atoms with van der Waals surface area (Å²) in [4.78, 5) is 2.48. The molecule has 3 rings (SSSR count). The molecule has 1 aromatic carbocycles. The van der Waals surface area contributed by atoms with Gasteiger partial charge < -0.3 is 5.32 Å². The number of nitrogens with one attached hydrogen (secondary N) is 1. The molecule has 0 radical (unpaired) electrons. The molecular weight excluding hydrogens is 260 g/mol. The molecule has 1 N–H and O–H groups in total. The molecule has 1 saturated carbocycles. The van der Waals surface area contributed by atoms with E-state index >= 15 is 0 Å². The van der Waals surface area contributed by atoms with E-state index in [0.717, 1.165) is 30.5 Å². The van der Waals surface area contributed by atoms with Crippen LogP contribution < -0.4 is 5.32 Å². The maximum absolute atomic E-state index is 4.61. The Morgan fingerprint density at radius 1 is 1.29 bits per heavy atom. The Morgan fingerprint density at radius 2 is 2.05 bits per heavy atom. The van der Waals surface area contributed by atoms with E-state index in [1.807, 2.05) is 29.1 Å². The van der Waals surface area contributed by atoms with Gasteiger partial charge in [0.05, 0.1) is 11.4 Å². The third kappa shape index (κ3) is 3.71. The summed E-state index contributed by atoms with van der Waals surface area (Å²) in [6, 6.07) is 13.7. The van der Waals surface area contributed by atoms with Gasteiger partial charge in [0, 0.05) is 31.4 Å². The minimum atomic E-state index is 0.578. The first-order valence-corrected chi connectivity index (χ1v) is 7.76. The van der Waals surface area contributed by atoms with Gasteiger partial charge in [-0.3, -0.25) is 4.90 Å². The van der Waals surface area contributed by atoms with E-state index in [0.29, 0.717) is 6.04 Å². The third-order valence-electron chi connectivity index (χ3n) is 4.23. The lowest BCUT2D eigenvalue weighted by Crippen LogP contribution is -2.39. The fourth-order valence-electron chi connectivity index (χ4n) is 2.58. The van der Waals surface area contributed by atoms with E-state index in [-0.39, 0.29) is 0 Å². The van der Waals surface area contributed by atoms with Gasteiger partial charge in [-0.05, 0) is 45.0 Å². The zero-order chi connectivity index (χ0) is 14.7. The highest BCUT2D eigenvalue weighted by Crippen LogP contribution is 2.26. The molecule has 21 heavy (non-hydrogen) atoms. The summed E-state index contributed by atoms with van der Waals surface area (Å²) in [7, 11) is 2.23. The van der Waals surface area contributed by atoms with Gasteiger partial charge in [-0.15, -0.1) is 0 Å². The number of aromatic nitrogens is 2. The molecule has 1 atom stereocenters. The monoisotopic (exact) mass is 284 g/mol. The smallest absolute Gasteiger partial charge is 0.0766 e. The second-order valence-electron chi connectivity index (χ2n) is 5.96. The number of nitrogens with zero attached hydrogens (tertiary/aromatic N) is 3. The van der Waals surface area contributed by atoms with Gasteiger partial charge in [-0.2, -0.15) is 5.10 Å². The van der Waals surface area contributed by atoms with Gasteiger partial charge >= 0.3 is 0 Å². The van der Waals surface area contributed by atoms with Crippen LogP contribution in [-0.2, 0) is 6.54 Å². The molecule has 1 fully saturated rings. The van der Waals surface area contributed by atoms with Crippen molar-refractivity contribution in [1.29, 1.82) is 0 Å². The second kappa shape index (κ2) is 6.41. The molecule has 1 aromatic heterocycles. The highest BCUT2D eigenvalue weighted by molar-refractivity contribution is 5.30. The summed E-state index contributed by atoms with van der Waals surface area (Å²) in [6.07, 6.45) is 4.75. The van der Waals surface area contributed by atoms with E-state index in [1.54, 1.807) is 0 Å². The van der Waals surface area contributed by atoms with Crippen molar-refractivity contribution < 1.29 is 0 Å². The Labute approximate surface area is 126 Å². The fourth-order valence-corrected chi connectivity index (χ4v) is 2.58. The number of para-hydroxylation sites is 1. The predicted octanol–water partition coefficient (Wildman–Crippen LogP) is 2.44. The lowest BCUT2D eigenvalue weighted by Gasteiger charge is -2.24. The number of hydrogen-bond acceptors (Lipinski definition) is 3. The Bertz CT molecular complexity index is 559. The van der Waals surface area contributed by atoms with Crippen molar-refractivity contribution in [1.82, 2.24) is 20.0 Å². The highest BCUT2D eigenvalue weighted by atomic mass is 15.3. The average Bonchev–Trinajstić information content (AvgIpc) is 3.26. The summed E-state index contributed by atoms with van der Waals surface area (Å²) >= 11 is 0. The van der Waals surface area contributed by atoms with Crippen molar-refractivity contribution in [3.63, 3.8) is 0 Å². The van der Waals surface area contributed by atoms with Crippen molar-refractivity contribution in [3.8, 4) is 5.69 Å². The van der Waals surface area contributed by atoms with Gasteiger partial charge in [-0.25, -0.2) is 4.68 Å². The highest BCUT2D eigenvalue weighted by Gasteiger charge is 2.28. The standard InChI is InChI=1S/C17H24N4/c1-14(20(2)16-8-9-16)12-18-13-15-10-11-21(19-15)17-6-4-3-5-7-17/h3-7,10-11,14,16,18H,8-9,12-13H2,1-2H3. The first kappa shape index (κ1) is 14.3. The van der Waals surface area contributed by atoms with E-state index in [4.69, 9.17) is 0 Å². The zero-order valence-electron chi connectivity index (χ0n) is 12.9. The molecule has 0 bridgehead atoms. The van der Waals surface area contributed by atoms with Crippen LogP contribution in [0.1, 0.15) is 25.5 Å². The summed E-state index contributed by atoms with van der Waals surface area (Å²) in [6.45, 7) is 4.11. The van der Waals surface area contributed by atoms with Crippen LogP contribution in [0.15, 0.2) is 42.6 Å². The molecule has 1 heterocycles. The normalized spacial score (nSPS) is 16.3. The molecule has 0 saturated heterocycles. The number of benzene rings is 1. The first-order chi connectivity index (χ1) is 10.2. The van der Waals surface area contributed by atoms with Gasteiger partial charge in [0.25, 0.3) is 0 Å². The van der Waals surface area contributed by atoms with Crippen molar-refractivity contribution in [3.05, 3.63) is 48.3 Å². The molecule has 4 nitrogen and oxygen atoms in total. The topological polar surface area (TPSA) is 33.1 Å². The second-order valence-corrected chi connectivity index (χ2v) is 5.96. The fraction of sp³-hybridized carbons (Fsp3) is 0.471. The van der Waals surface area contributed by atoms with Gasteiger partial charge in [-0.1, -0.05) is 18.2 Å². The largest absolute Gasteiger partial charge is 0.310 e. The maximum Gasteiger partial charge on any atom is 0.0766 e. The van der Waals surface area contributed by atoms with Crippen LogP contribution in [0.3, 0.4) is 0 Å². The van der Waals surface area contributed by atoms with Crippen LogP contribution in [0, 0.1) is 0 Å². The lowest BCUT2D eigenvalue weighted by atomic mass is 10.3. The van der Waals surface area contributed by atoms with Gasteiger partial charge in [0.15, 0.2) is 0 Å². The van der Waals surface area contributed by atoms with Gasteiger partial charge in [0.2, 0.25) is 0 Å². The summed E-state index contributed by atoms with van der Waals surface area (Å²) in [5, 5.41) is 8.12. The van der Waals surface area contributed by atoms with Crippen LogP contribution in [0.2, 0.25) is 0 Å². The zero-order valence-corrected chi connectivity index (χ0v) is 12.9. The average molecular weight is 284 g/mol. The van der Waals surface area contributed by atoms with Crippen molar-refractivity contribution in [2.75, 3.05) is 13.6 Å². The number of likely N-dealkylation sites (N-methyl/N-ethyl adjacent to an activating group) is 1. The Morgan fingerprint density at radius 3 is 2.76 bits per heavy atom. The van der Waals surface area contributed by atoms with Crippen molar-refractivity contribution in [2.24, 2.45) is 0 Å². The molecule has 0 aliphatic heterocycles. The van der Waals surface area contributed by atoms with Gasteiger partial charge in [0.1, 0.15) is 0 Å². The van der Waals surface area contributed by atoms with E-state index in [2.05, 4.69) is 47.5 Å². The third-order valence-corrected chi connectivity index (χ3v) is 4.23. The van der Waals surface area contributed by atoms with E-state index in [9.17, 15) is 0 Å². The van der Waals surface area contributed by atoms with Crippen molar-refractivity contribution in [2.45, 2.75) is 38.4 Å². The van der Waals surface area contributed by atoms with Crippen LogP contribution in [0.5, 0.6) is 0 Å². The molecule has 4 heteroatoms. The molecule has 0 spiro atoms. The number of rotatable bonds is 7. The molecule has 1 aliphatic rings. The molecule has 1 aliphatic carbocycles. The van der Waals surface area contributed by atoms with Crippen LogP contribution in [0.25, 0.3) is 5.69 Å². The summed E-state index contributed by atoms with van der Waals surface area (Å²) in [5.41, 5.74) is 2.19. The Hall–Kier alpha value is -1.65. The minimum absolute atomic E-state index is 0.578. The summed E-state index contributed by atoms with van der Waals surface area (Å²) in [5.74, 6) is 0. The quantitative estimate of drug-likeness (QED) is 0.848. The SMILES string of the molecule is CC(CNCc1ccn(-c2ccccc2)n1)N(C)C1CC1. The molecule has 112 valence electrons. The molecular formula is C17H24N4. The molecule has 1 unspecified atom stereocenters. The van der Waals surface area contributed by atoms with Crippen molar-refractivity contribution >= 4 is 0 Å². The number of hydrogen-bond donors (Lipinski definition) is 1. The molecule has 2 aromatic rings. The van der Waals surface area contributed by atoms with Crippen LogP contribution >= 0.6 is 0 Å². The maximum atomic E-state index is 4.61. The Balaban J connectivity index is 1.49. The Kier molecular flexibility index (Phi) is 4.36. The minimum Gasteiger partial charge on any atom is -0.310 e.